The molecule has 0 amide bonds. The zero-order valence-electron chi connectivity index (χ0n) is 78.1. The van der Waals surface area contributed by atoms with Crippen LogP contribution in [0.15, 0.2) is 277 Å². The quantitative estimate of drug-likeness (QED) is 0.0216. The van der Waals surface area contributed by atoms with Crippen LogP contribution < -0.4 is 0 Å². The highest BCUT2D eigenvalue weighted by atomic mass is 32.2. The summed E-state index contributed by atoms with van der Waals surface area (Å²) in [5, 5.41) is 76.4. The van der Waals surface area contributed by atoms with Crippen molar-refractivity contribution in [2.45, 2.75) is 142 Å². The normalized spacial score (nSPS) is 12.1. The molecule has 8 N–H and O–H groups in total. The predicted octanol–water partition coefficient (Wildman–Crippen LogP) is 13.2. The SMILES string of the molecule is CCS(=O)(=O)c1cc(C(=O)O)cc(S(=O)(=O)CC)c1.CCS(=O)(=O)c1cc(O)cc(S(=O)(=O)CC)c1.CCS(=O)(=O)c1cc(S(=O)(=O)CC)c2ccc(C(=O)O)cc2c1.CCS(=O)(=O)c1cc(S(=O)(=O)CC)c2ccc(O)cc2c1.CCS(=O)(=O)c1ccc(C(=O)O)cc1.CCS(=O)(=O)c1ccc(O)cc1.CCS(=O)(=O)c1ccc2cc(C(=O)O)ccc2c1.CCS(=O)(=O)c1ccc2cc(C(=O)O)ccc2c1. The number of hydrogen-bond donors (Lipinski definition) is 8. The maximum atomic E-state index is 12.3. The Hall–Kier alpha value is -12.2. The Balaban J connectivity index is 0.000000288. The van der Waals surface area contributed by atoms with Crippen LogP contribution in [0.4, 0.5) is 0 Å². The van der Waals surface area contributed by atoms with Crippen molar-refractivity contribution in [3.05, 3.63) is 246 Å². The van der Waals surface area contributed by atoms with Gasteiger partial charge in [-0.3, -0.25) is 0 Å². The molecule has 0 heterocycles. The fraction of sp³-hybridized carbons (Fsp3) is 0.258. The molecule has 37 nitrogen and oxygen atoms in total. The second-order valence-electron chi connectivity index (χ2n) is 29.9. The van der Waals surface area contributed by atoms with E-state index in [1.807, 2.05) is 0 Å². The van der Waals surface area contributed by atoms with Crippen molar-refractivity contribution >= 4 is 191 Å². The summed E-state index contributed by atoms with van der Waals surface area (Å²) in [6.07, 6.45) is 0. The molecule has 49 heteroatoms. The van der Waals surface area contributed by atoms with E-state index < -0.39 is 148 Å². The third kappa shape index (κ3) is 31.9. The van der Waals surface area contributed by atoms with E-state index in [2.05, 4.69) is 0 Å². The third-order valence-corrected chi connectivity index (χ3v) is 41.7. The second kappa shape index (κ2) is 49.2. The number of aromatic carboxylic acids is 5. The van der Waals surface area contributed by atoms with Gasteiger partial charge in [-0.2, -0.15) is 0 Å². The summed E-state index contributed by atoms with van der Waals surface area (Å²) in [6.45, 7) is 17.9. The Morgan fingerprint density at radius 2 is 0.373 bits per heavy atom. The smallest absolute Gasteiger partial charge is 0.335 e. The van der Waals surface area contributed by atoms with E-state index in [9.17, 15) is 135 Å². The molecule has 0 aliphatic heterocycles. The zero-order chi connectivity index (χ0) is 108. The lowest BCUT2D eigenvalue weighted by molar-refractivity contribution is 0.0685. The molecule has 0 aromatic heterocycles. The van der Waals surface area contributed by atoms with Crippen LogP contribution >= 0.6 is 0 Å². The molecule has 0 unspecified atom stereocenters. The van der Waals surface area contributed by atoms with Gasteiger partial charge in [-0.15, -0.1) is 0 Å². The van der Waals surface area contributed by atoms with Crippen LogP contribution in [0.3, 0.4) is 0 Å². The molecule has 0 saturated carbocycles. The monoisotopic (exact) mass is 2200 g/mol. The van der Waals surface area contributed by atoms with Crippen LogP contribution in [-0.2, 0) is 118 Å². The van der Waals surface area contributed by atoms with Crippen molar-refractivity contribution in [2.24, 2.45) is 0 Å². The lowest BCUT2D eigenvalue weighted by Gasteiger charge is -2.11. The standard InChI is InChI=1S/C15H16O6S2.C14H16O5S2.2C13H12O4S.C11H14O6S2.C10H14O5S2.C9H10O4S.C8H10O3S/c1-3-22(18,19)12-8-11-7-10(15(16)17)5-6-13(11)14(9-12)23(20,21)4-2;1-3-20(16,17)12-8-10-7-11(15)5-6-13(10)14(9-12)21(18,19)4-2;2*1-2-18(16,17)12-6-5-9-7-11(13(14)15)4-3-10(9)8-12;1-3-18(14,15)9-5-8(11(12)13)6-10(7-9)19(16,17)4-2;1-3-16(12,13)9-5-8(11)6-10(7-9)17(14,15)4-2;1-2-14(12,13)8-5-3-7(4-6-8)9(10)11;1-2-12(10,11)8-5-3-7(9)4-6-8/h5-9H,3-4H2,1-2H3,(H,16,17);5-9,15H,3-4H2,1-2H3;2*3-8H,2H2,1H3,(H,14,15);5-7H,3-4H2,1-2H3,(H,12,13);5-7,11H,3-4H2,1-2H3;3-6H,2H2,1H3,(H,10,11);3-6,9H,2H2,1H3. The molecule has 0 fully saturated rings. The number of fused-ring (bicyclic) bond motifs is 4. The number of phenols is 3. The Kier molecular flexibility index (Phi) is 41.7. The summed E-state index contributed by atoms with van der Waals surface area (Å²) in [4.78, 5) is 53.9. The molecule has 12 aromatic carbocycles. The predicted molar refractivity (Wildman–Crippen MR) is 534 cm³/mol. The third-order valence-electron chi connectivity index (χ3n) is 20.9. The molecular weight excluding hydrogens is 2090 g/mol. The molecule has 0 spiro atoms. The Bertz CT molecular complexity index is 8070. The van der Waals surface area contributed by atoms with Crippen molar-refractivity contribution in [1.82, 2.24) is 0 Å². The number of sulfone groups is 12. The van der Waals surface area contributed by atoms with E-state index in [0.29, 0.717) is 26.9 Å². The number of carbonyl (C=O) groups is 5. The average molecular weight is 2200 g/mol. The molecule has 142 heavy (non-hydrogen) atoms. The minimum Gasteiger partial charge on any atom is -0.508 e. The topological polar surface area (TPSA) is 657 Å². The molecule has 0 radical (unpaired) electrons. The highest BCUT2D eigenvalue weighted by molar-refractivity contribution is 7.95. The fourth-order valence-electron chi connectivity index (χ4n) is 12.1. The number of benzene rings is 12. The summed E-state index contributed by atoms with van der Waals surface area (Å²) in [5.74, 6) is -7.14. The summed E-state index contributed by atoms with van der Waals surface area (Å²) >= 11 is 0. The van der Waals surface area contributed by atoms with Gasteiger partial charge in [-0.1, -0.05) is 113 Å². The van der Waals surface area contributed by atoms with Crippen LogP contribution in [-0.4, -0.2) is 241 Å². The van der Waals surface area contributed by atoms with Crippen molar-refractivity contribution in [3.63, 3.8) is 0 Å². The van der Waals surface area contributed by atoms with E-state index >= 15 is 0 Å². The first kappa shape index (κ1) is 120. The molecule has 770 valence electrons. The van der Waals surface area contributed by atoms with Crippen molar-refractivity contribution < 1.29 is 166 Å². The van der Waals surface area contributed by atoms with Crippen molar-refractivity contribution in [1.29, 1.82) is 0 Å². The maximum absolute atomic E-state index is 12.3. The van der Waals surface area contributed by atoms with Crippen LogP contribution in [0.5, 0.6) is 17.2 Å². The summed E-state index contributed by atoms with van der Waals surface area (Å²) in [6, 6.07) is 48.7. The summed E-state index contributed by atoms with van der Waals surface area (Å²) < 4.78 is 283. The van der Waals surface area contributed by atoms with Gasteiger partial charge in [-0.05, 0) is 220 Å². The van der Waals surface area contributed by atoms with Crippen molar-refractivity contribution in [3.8, 4) is 17.2 Å². The van der Waals surface area contributed by atoms with Gasteiger partial charge in [0.25, 0.3) is 0 Å². The van der Waals surface area contributed by atoms with Gasteiger partial charge in [0.05, 0.1) is 156 Å². The number of aromatic hydroxyl groups is 3. The van der Waals surface area contributed by atoms with E-state index in [1.54, 1.807) is 64.1 Å². The minimum absolute atomic E-state index is 0.0133. The van der Waals surface area contributed by atoms with Crippen LogP contribution in [0.2, 0.25) is 0 Å². The number of phenolic OH excluding ortho intramolecular Hbond substituents is 3. The Morgan fingerprint density at radius 3 is 0.669 bits per heavy atom. The van der Waals surface area contributed by atoms with Crippen LogP contribution in [0.25, 0.3) is 43.1 Å². The molecule has 0 bridgehead atoms. The van der Waals surface area contributed by atoms with E-state index in [4.69, 9.17) is 30.6 Å². The van der Waals surface area contributed by atoms with E-state index in [0.717, 1.165) is 53.2 Å². The Morgan fingerprint density at radius 1 is 0.169 bits per heavy atom. The first-order valence-corrected chi connectivity index (χ1v) is 62.1. The molecular formula is C93H104O37S12. The van der Waals surface area contributed by atoms with Gasteiger partial charge >= 0.3 is 29.8 Å². The van der Waals surface area contributed by atoms with E-state index in [1.165, 1.54) is 195 Å². The first-order chi connectivity index (χ1) is 65.6. The lowest BCUT2D eigenvalue weighted by atomic mass is 10.1. The van der Waals surface area contributed by atoms with E-state index in [-0.39, 0.29) is 178 Å². The van der Waals surface area contributed by atoms with Crippen LogP contribution in [0.1, 0.15) is 135 Å². The highest BCUT2D eigenvalue weighted by Crippen LogP contribution is 2.35. The fourth-order valence-corrected chi connectivity index (χ4v) is 23.9. The number of carboxylic acids is 5. The maximum Gasteiger partial charge on any atom is 0.335 e. The summed E-state index contributed by atoms with van der Waals surface area (Å²) in [7, 11) is -41.6. The van der Waals surface area contributed by atoms with Gasteiger partial charge in [0, 0.05) is 10.8 Å². The van der Waals surface area contributed by atoms with Gasteiger partial charge in [0.15, 0.2) is 118 Å². The largest absolute Gasteiger partial charge is 0.508 e. The molecule has 0 atom stereocenters. The summed E-state index contributed by atoms with van der Waals surface area (Å²) in [5.41, 5.74) is 0.0622. The molecule has 0 saturated heterocycles. The highest BCUT2D eigenvalue weighted by Gasteiger charge is 2.28. The van der Waals surface area contributed by atoms with Gasteiger partial charge in [0.2, 0.25) is 0 Å². The number of hydrogen-bond acceptors (Lipinski definition) is 32. The van der Waals surface area contributed by atoms with Gasteiger partial charge < -0.3 is 40.9 Å². The molecule has 12 rings (SSSR count). The molecule has 12 aromatic rings. The van der Waals surface area contributed by atoms with Gasteiger partial charge in [-0.25, -0.2) is 125 Å². The molecule has 0 aliphatic rings. The number of carboxylic acid groups (broad SMARTS) is 5. The van der Waals surface area contributed by atoms with Crippen molar-refractivity contribution in [2.75, 3.05) is 69.0 Å². The lowest BCUT2D eigenvalue weighted by Crippen LogP contribution is -2.11. The molecule has 0 aliphatic carbocycles. The van der Waals surface area contributed by atoms with Gasteiger partial charge in [0.1, 0.15) is 17.2 Å². The Labute approximate surface area is 824 Å². The average Bonchev–Trinajstić information content (AvgIpc) is 0.766. The van der Waals surface area contributed by atoms with Crippen LogP contribution in [0, 0.1) is 0 Å². The first-order valence-electron chi connectivity index (χ1n) is 42.3. The minimum atomic E-state index is -3.67. The second-order valence-corrected chi connectivity index (χ2v) is 57.1. The zero-order valence-corrected chi connectivity index (χ0v) is 87.9. The number of rotatable bonds is 29.